The molecule has 0 bridgehead atoms. The summed E-state index contributed by atoms with van der Waals surface area (Å²) in [6.45, 7) is 2.00. The first-order chi connectivity index (χ1) is 9.05. The number of aryl methyl sites for hydroxylation is 1. The minimum atomic E-state index is -2.85. The van der Waals surface area contributed by atoms with Crippen molar-refractivity contribution in [2.24, 2.45) is 5.92 Å². The predicted molar refractivity (Wildman–Crippen MR) is 72.8 cm³/mol. The van der Waals surface area contributed by atoms with Crippen LogP contribution in [0, 0.1) is 12.8 Å². The van der Waals surface area contributed by atoms with Crippen LogP contribution in [0.2, 0.25) is 0 Å². The lowest BCUT2D eigenvalue weighted by atomic mass is 10.0. The molecule has 1 aliphatic rings. The summed E-state index contributed by atoms with van der Waals surface area (Å²) >= 11 is 0. The Labute approximate surface area is 112 Å². The molecule has 6 heteroatoms. The van der Waals surface area contributed by atoms with Gasteiger partial charge in [-0.25, -0.2) is 8.42 Å². The third-order valence-electron chi connectivity index (χ3n) is 3.73. The lowest BCUT2D eigenvalue weighted by molar-refractivity contribution is 0.474. The van der Waals surface area contributed by atoms with Gasteiger partial charge in [-0.1, -0.05) is 6.07 Å². The van der Waals surface area contributed by atoms with Gasteiger partial charge in [-0.05, 0) is 37.3 Å². The first kappa shape index (κ1) is 12.6. The Bertz CT molecular complexity index is 706. The summed E-state index contributed by atoms with van der Waals surface area (Å²) in [4.78, 5) is 0. The van der Waals surface area contributed by atoms with Gasteiger partial charge >= 0.3 is 0 Å². The molecule has 2 aromatic rings. The van der Waals surface area contributed by atoms with Crippen molar-refractivity contribution in [2.45, 2.75) is 26.2 Å². The van der Waals surface area contributed by atoms with Crippen molar-refractivity contribution in [1.82, 2.24) is 14.6 Å². The predicted octanol–water partition coefficient (Wildman–Crippen LogP) is 1.41. The maximum absolute atomic E-state index is 11.7. The Morgan fingerprint density at radius 2 is 2.26 bits per heavy atom. The Kier molecular flexibility index (Phi) is 3.05. The van der Waals surface area contributed by atoms with E-state index in [0.29, 0.717) is 12.2 Å². The second-order valence-corrected chi connectivity index (χ2v) is 7.56. The van der Waals surface area contributed by atoms with E-state index in [1.165, 1.54) is 0 Å². The molecule has 0 spiro atoms. The largest absolute Gasteiger partial charge is 0.286 e. The Balaban J connectivity index is 1.88. The zero-order valence-electron chi connectivity index (χ0n) is 10.9. The van der Waals surface area contributed by atoms with Crippen LogP contribution in [0.5, 0.6) is 0 Å². The van der Waals surface area contributed by atoms with Gasteiger partial charge in [0.2, 0.25) is 0 Å². The van der Waals surface area contributed by atoms with Gasteiger partial charge in [-0.15, -0.1) is 10.2 Å². The van der Waals surface area contributed by atoms with E-state index in [0.717, 1.165) is 29.9 Å². The van der Waals surface area contributed by atoms with Crippen LogP contribution >= 0.6 is 0 Å². The summed E-state index contributed by atoms with van der Waals surface area (Å²) in [7, 11) is -2.85. The lowest BCUT2D eigenvalue weighted by Crippen LogP contribution is -2.27. The van der Waals surface area contributed by atoms with Crippen LogP contribution in [0.1, 0.15) is 24.2 Å². The Morgan fingerprint density at radius 3 is 3.05 bits per heavy atom. The van der Waals surface area contributed by atoms with Gasteiger partial charge in [-0.2, -0.15) is 0 Å². The quantitative estimate of drug-likeness (QED) is 0.833. The van der Waals surface area contributed by atoms with Crippen molar-refractivity contribution in [1.29, 1.82) is 0 Å². The Morgan fingerprint density at radius 1 is 1.42 bits per heavy atom. The number of fused-ring (bicyclic) bond motifs is 1. The highest BCUT2D eigenvalue weighted by atomic mass is 32.2. The summed E-state index contributed by atoms with van der Waals surface area (Å²) < 4.78 is 25.3. The minimum absolute atomic E-state index is 0.173. The smallest absolute Gasteiger partial charge is 0.163 e. The molecular weight excluding hydrogens is 262 g/mol. The van der Waals surface area contributed by atoms with Crippen LogP contribution < -0.4 is 0 Å². The number of pyridine rings is 1. The highest BCUT2D eigenvalue weighted by Gasteiger charge is 2.26. The van der Waals surface area contributed by atoms with Crippen molar-refractivity contribution >= 4 is 15.5 Å². The van der Waals surface area contributed by atoms with Crippen LogP contribution in [-0.4, -0.2) is 34.5 Å². The van der Waals surface area contributed by atoms with E-state index < -0.39 is 9.84 Å². The Hall–Kier alpha value is -1.43. The van der Waals surface area contributed by atoms with Crippen molar-refractivity contribution in [2.75, 3.05) is 11.5 Å². The second kappa shape index (κ2) is 4.59. The third-order valence-corrected chi connectivity index (χ3v) is 5.62. The van der Waals surface area contributed by atoms with Gasteiger partial charge in [0.1, 0.15) is 5.82 Å². The topological polar surface area (TPSA) is 64.3 Å². The molecule has 1 aliphatic heterocycles. The fraction of sp³-hybridized carbons (Fsp3) is 0.538. The van der Waals surface area contributed by atoms with Gasteiger partial charge in [0.15, 0.2) is 15.5 Å². The van der Waals surface area contributed by atoms with Crippen molar-refractivity contribution in [3.05, 3.63) is 29.7 Å². The molecule has 102 valence electrons. The summed E-state index contributed by atoms with van der Waals surface area (Å²) in [6.07, 6.45) is 4.35. The molecule has 1 unspecified atom stereocenters. The summed E-state index contributed by atoms with van der Waals surface area (Å²) in [5.74, 6) is 1.66. The summed E-state index contributed by atoms with van der Waals surface area (Å²) in [6, 6.07) is 3.96. The molecular formula is C13H17N3O2S. The van der Waals surface area contributed by atoms with Crippen molar-refractivity contribution in [3.63, 3.8) is 0 Å². The number of rotatable bonds is 2. The molecule has 1 fully saturated rings. The minimum Gasteiger partial charge on any atom is -0.286 e. The van der Waals surface area contributed by atoms with Gasteiger partial charge in [-0.3, -0.25) is 4.40 Å². The van der Waals surface area contributed by atoms with Crippen LogP contribution in [-0.2, 0) is 16.3 Å². The van der Waals surface area contributed by atoms with Crippen LogP contribution in [0.25, 0.3) is 5.65 Å². The van der Waals surface area contributed by atoms with Crippen molar-refractivity contribution in [3.8, 4) is 0 Å². The van der Waals surface area contributed by atoms with E-state index in [2.05, 4.69) is 10.2 Å². The zero-order chi connectivity index (χ0) is 13.5. The van der Waals surface area contributed by atoms with Crippen molar-refractivity contribution < 1.29 is 8.42 Å². The van der Waals surface area contributed by atoms with Gasteiger partial charge in [0, 0.05) is 12.6 Å². The first-order valence-electron chi connectivity index (χ1n) is 6.55. The second-order valence-electron chi connectivity index (χ2n) is 5.33. The van der Waals surface area contributed by atoms with Gasteiger partial charge < -0.3 is 0 Å². The maximum Gasteiger partial charge on any atom is 0.163 e. The fourth-order valence-corrected chi connectivity index (χ4v) is 4.55. The molecule has 0 saturated carbocycles. The van der Waals surface area contributed by atoms with E-state index in [1.807, 2.05) is 29.7 Å². The lowest BCUT2D eigenvalue weighted by Gasteiger charge is -2.20. The molecule has 5 nitrogen and oxygen atoms in total. The average Bonchev–Trinajstić information content (AvgIpc) is 2.73. The monoisotopic (exact) mass is 279 g/mol. The highest BCUT2D eigenvalue weighted by Crippen LogP contribution is 2.22. The number of nitrogens with zero attached hydrogens (tertiary/aromatic N) is 3. The normalized spacial score (nSPS) is 22.7. The number of sulfone groups is 1. The van der Waals surface area contributed by atoms with Crippen LogP contribution in [0.4, 0.5) is 0 Å². The molecule has 0 aliphatic carbocycles. The third kappa shape index (κ3) is 2.49. The molecule has 0 aromatic carbocycles. The highest BCUT2D eigenvalue weighted by molar-refractivity contribution is 7.91. The van der Waals surface area contributed by atoms with Crippen LogP contribution in [0.15, 0.2) is 18.3 Å². The molecule has 3 heterocycles. The summed E-state index contributed by atoms with van der Waals surface area (Å²) in [5.41, 5.74) is 1.94. The molecule has 3 rings (SSSR count). The van der Waals surface area contributed by atoms with E-state index >= 15 is 0 Å². The molecule has 2 aromatic heterocycles. The first-order valence-corrected chi connectivity index (χ1v) is 8.37. The van der Waals surface area contributed by atoms with Gasteiger partial charge in [0.05, 0.1) is 11.5 Å². The van der Waals surface area contributed by atoms with E-state index in [4.69, 9.17) is 0 Å². The molecule has 1 saturated heterocycles. The standard InChI is InChI=1S/C13H17N3O2S/c1-10-4-2-6-16-12(14-15-13(10)16)8-11-5-3-7-19(17,18)9-11/h2,4,6,11H,3,5,7-9H2,1H3. The fourth-order valence-electron chi connectivity index (χ4n) is 2.77. The molecule has 19 heavy (non-hydrogen) atoms. The molecule has 0 N–H and O–H groups in total. The number of aromatic nitrogens is 3. The van der Waals surface area contributed by atoms with Gasteiger partial charge in [0.25, 0.3) is 0 Å². The number of hydrogen-bond donors (Lipinski definition) is 0. The SMILES string of the molecule is Cc1cccn2c(CC3CCCS(=O)(=O)C3)nnc12. The average molecular weight is 279 g/mol. The molecule has 1 atom stereocenters. The molecule has 0 radical (unpaired) electrons. The van der Waals surface area contributed by atoms with Crippen LogP contribution in [0.3, 0.4) is 0 Å². The molecule has 0 amide bonds. The van der Waals surface area contributed by atoms with E-state index in [-0.39, 0.29) is 11.7 Å². The van der Waals surface area contributed by atoms with E-state index in [9.17, 15) is 8.42 Å². The number of hydrogen-bond acceptors (Lipinski definition) is 4. The zero-order valence-corrected chi connectivity index (χ0v) is 11.7. The van der Waals surface area contributed by atoms with E-state index in [1.54, 1.807) is 0 Å². The summed E-state index contributed by atoms with van der Waals surface area (Å²) in [5, 5.41) is 8.40. The maximum atomic E-state index is 11.7.